The number of halogens is 2. The zero-order valence-corrected chi connectivity index (χ0v) is 27.0. The van der Waals surface area contributed by atoms with Gasteiger partial charge in [-0.3, -0.25) is 19.6 Å². The first-order valence-corrected chi connectivity index (χ1v) is 15.9. The van der Waals surface area contributed by atoms with Gasteiger partial charge in [0.15, 0.2) is 0 Å². The van der Waals surface area contributed by atoms with Crippen molar-refractivity contribution in [3.05, 3.63) is 94.2 Å². The molecular weight excluding hydrogens is 639 g/mol. The van der Waals surface area contributed by atoms with E-state index in [0.29, 0.717) is 53.4 Å². The molecule has 3 aromatic heterocycles. The lowest BCUT2D eigenvalue weighted by atomic mass is 9.98. The van der Waals surface area contributed by atoms with Gasteiger partial charge in [-0.1, -0.05) is 65.7 Å². The number of carboxylic acid groups (broad SMARTS) is 1. The van der Waals surface area contributed by atoms with E-state index in [1.165, 1.54) is 0 Å². The number of aromatic nitrogens is 3. The van der Waals surface area contributed by atoms with Gasteiger partial charge in [0.1, 0.15) is 0 Å². The molecule has 1 atom stereocenters. The van der Waals surface area contributed by atoms with Crippen LogP contribution in [-0.4, -0.2) is 58.2 Å². The number of aliphatic carboxylic acids is 1. The van der Waals surface area contributed by atoms with Crippen LogP contribution in [-0.2, 0) is 22.7 Å². The number of methoxy groups -OCH3 is 1. The van der Waals surface area contributed by atoms with E-state index in [9.17, 15) is 9.59 Å². The minimum Gasteiger partial charge on any atom is -0.481 e. The molecule has 0 unspecified atom stereocenters. The Balaban J connectivity index is 1.24. The molecule has 1 aliphatic rings. The highest BCUT2D eigenvalue weighted by Crippen LogP contribution is 2.42. The monoisotopic (exact) mass is 670 g/mol. The summed E-state index contributed by atoms with van der Waals surface area (Å²) < 4.78 is 5.63. The summed E-state index contributed by atoms with van der Waals surface area (Å²) in [6.07, 6.45) is 4.85. The number of hydrogen-bond donors (Lipinski definition) is 4. The third-order valence-electron chi connectivity index (χ3n) is 7.99. The number of benzene rings is 2. The van der Waals surface area contributed by atoms with Crippen LogP contribution < -0.4 is 20.7 Å². The van der Waals surface area contributed by atoms with E-state index in [0.717, 1.165) is 50.7 Å². The molecule has 0 radical (unpaired) electrons. The maximum Gasteiger partial charge on any atom is 0.317 e. The minimum atomic E-state index is -0.916. The van der Waals surface area contributed by atoms with E-state index in [1.54, 1.807) is 19.5 Å². The zero-order chi connectivity index (χ0) is 32.9. The van der Waals surface area contributed by atoms with Gasteiger partial charge in [-0.25, -0.2) is 4.98 Å². The molecule has 2 aromatic carbocycles. The normalized spacial score (nSPS) is 14.4. The summed E-state index contributed by atoms with van der Waals surface area (Å²) in [6.45, 7) is 1.47. The summed E-state index contributed by atoms with van der Waals surface area (Å²) in [7, 11) is 1.59. The lowest BCUT2D eigenvalue weighted by Crippen LogP contribution is -2.35. The van der Waals surface area contributed by atoms with Crippen molar-refractivity contribution < 1.29 is 19.4 Å². The topological polar surface area (TPSA) is 138 Å². The Morgan fingerprint density at radius 1 is 0.936 bits per heavy atom. The number of fused-ring (bicyclic) bond motifs is 1. The van der Waals surface area contributed by atoms with Crippen molar-refractivity contribution in [2.45, 2.75) is 32.0 Å². The van der Waals surface area contributed by atoms with Gasteiger partial charge >= 0.3 is 5.97 Å². The third kappa shape index (κ3) is 7.36. The van der Waals surface area contributed by atoms with Crippen molar-refractivity contribution in [1.29, 1.82) is 0 Å². The quantitative estimate of drug-likeness (QED) is 0.128. The fraction of sp³-hybridized carbons (Fsp3) is 0.229. The number of rotatable bonds is 12. The fourth-order valence-electron chi connectivity index (χ4n) is 5.64. The standard InChI is InChI=1S/C35H32Cl2N6O4/c1-47-35-21(16-39-18-23-9-11-31(44)42-23)8-10-28(43-35)26-6-2-4-24(33(26)36)25-5-3-7-27(34(25)37)30-13-29-22(17-41-30)12-20(15-40-29)14-38-19-32(45)46/h2-8,10,12-13,15,17,23,38-39H,9,11,14,16,18-19H2,1H3,(H,42,44)(H,45,46)/t23-/m0/s1. The molecule has 12 heteroatoms. The average molecular weight is 672 g/mol. The number of ether oxygens (including phenoxy) is 1. The first-order chi connectivity index (χ1) is 22.8. The molecule has 10 nitrogen and oxygen atoms in total. The lowest BCUT2D eigenvalue weighted by Gasteiger charge is -2.15. The molecule has 5 aromatic rings. The fourth-order valence-corrected chi connectivity index (χ4v) is 6.29. The number of pyridine rings is 3. The molecule has 0 bridgehead atoms. The molecule has 0 saturated carbocycles. The summed E-state index contributed by atoms with van der Waals surface area (Å²) >= 11 is 14.1. The second-order valence-corrected chi connectivity index (χ2v) is 12.0. The molecule has 6 rings (SSSR count). The summed E-state index contributed by atoms with van der Waals surface area (Å²) in [5.41, 5.74) is 6.77. The van der Waals surface area contributed by atoms with E-state index < -0.39 is 5.97 Å². The van der Waals surface area contributed by atoms with E-state index >= 15 is 0 Å². The van der Waals surface area contributed by atoms with Crippen LogP contribution in [0.1, 0.15) is 24.0 Å². The van der Waals surface area contributed by atoms with Crippen molar-refractivity contribution in [2.75, 3.05) is 20.2 Å². The number of hydrogen-bond acceptors (Lipinski definition) is 8. The molecule has 1 saturated heterocycles. The number of carbonyl (C=O) groups is 2. The maximum absolute atomic E-state index is 11.5. The Bertz CT molecular complexity index is 1970. The van der Waals surface area contributed by atoms with Crippen LogP contribution in [0.4, 0.5) is 0 Å². The number of nitrogens with one attached hydrogen (secondary N) is 3. The van der Waals surface area contributed by atoms with Crippen molar-refractivity contribution in [1.82, 2.24) is 30.9 Å². The van der Waals surface area contributed by atoms with Gasteiger partial charge in [0.25, 0.3) is 0 Å². The highest BCUT2D eigenvalue weighted by atomic mass is 35.5. The van der Waals surface area contributed by atoms with Crippen molar-refractivity contribution >= 4 is 46.0 Å². The Morgan fingerprint density at radius 2 is 1.66 bits per heavy atom. The van der Waals surface area contributed by atoms with Gasteiger partial charge < -0.3 is 25.8 Å². The molecule has 240 valence electrons. The van der Waals surface area contributed by atoms with Crippen LogP contribution in [0.2, 0.25) is 10.0 Å². The smallest absolute Gasteiger partial charge is 0.317 e. The van der Waals surface area contributed by atoms with Crippen LogP contribution in [0, 0.1) is 0 Å². The van der Waals surface area contributed by atoms with E-state index in [2.05, 4.69) is 25.9 Å². The second kappa shape index (κ2) is 14.4. The molecule has 1 fully saturated rings. The zero-order valence-electron chi connectivity index (χ0n) is 25.5. The van der Waals surface area contributed by atoms with Crippen LogP contribution in [0.15, 0.2) is 73.1 Å². The van der Waals surface area contributed by atoms with Gasteiger partial charge in [0.05, 0.1) is 40.6 Å². The Morgan fingerprint density at radius 3 is 2.34 bits per heavy atom. The maximum atomic E-state index is 11.5. The Labute approximate surface area is 281 Å². The highest BCUT2D eigenvalue weighted by molar-refractivity contribution is 6.39. The molecule has 1 aliphatic heterocycles. The second-order valence-electron chi connectivity index (χ2n) is 11.2. The predicted molar refractivity (Wildman–Crippen MR) is 182 cm³/mol. The van der Waals surface area contributed by atoms with Crippen molar-refractivity contribution in [3.63, 3.8) is 0 Å². The largest absolute Gasteiger partial charge is 0.481 e. The first-order valence-electron chi connectivity index (χ1n) is 15.1. The minimum absolute atomic E-state index is 0.0932. The molecule has 0 spiro atoms. The van der Waals surface area contributed by atoms with Crippen LogP contribution in [0.25, 0.3) is 44.5 Å². The molecule has 4 heterocycles. The molecule has 4 N–H and O–H groups in total. The summed E-state index contributed by atoms with van der Waals surface area (Å²) in [5.74, 6) is -0.331. The summed E-state index contributed by atoms with van der Waals surface area (Å²) in [6, 6.07) is 19.3. The molecule has 47 heavy (non-hydrogen) atoms. The third-order valence-corrected chi connectivity index (χ3v) is 8.81. The highest BCUT2D eigenvalue weighted by Gasteiger charge is 2.21. The first kappa shape index (κ1) is 32.3. The van der Waals surface area contributed by atoms with E-state index in [1.807, 2.05) is 60.7 Å². The number of carbonyl (C=O) groups excluding carboxylic acids is 1. The predicted octanol–water partition coefficient (Wildman–Crippen LogP) is 5.88. The number of carboxylic acids is 1. The van der Waals surface area contributed by atoms with Crippen molar-refractivity contribution in [3.8, 4) is 39.5 Å². The van der Waals surface area contributed by atoms with Crippen LogP contribution in [0.3, 0.4) is 0 Å². The average Bonchev–Trinajstić information content (AvgIpc) is 3.49. The SMILES string of the molecule is COc1nc(-c2cccc(-c3cccc(-c4cc5ncc(CNCC(=O)O)cc5cn4)c3Cl)c2Cl)ccc1CNC[C@@H]1CCC(=O)N1. The van der Waals surface area contributed by atoms with Gasteiger partial charge in [0.2, 0.25) is 11.8 Å². The lowest BCUT2D eigenvalue weighted by molar-refractivity contribution is -0.136. The molecule has 0 aliphatic carbocycles. The van der Waals surface area contributed by atoms with Gasteiger partial charge in [-0.15, -0.1) is 0 Å². The van der Waals surface area contributed by atoms with Gasteiger partial charge in [-0.05, 0) is 30.2 Å². The summed E-state index contributed by atoms with van der Waals surface area (Å²) in [5, 5.41) is 19.9. The van der Waals surface area contributed by atoms with E-state index in [4.69, 9.17) is 38.0 Å². The van der Waals surface area contributed by atoms with Crippen LogP contribution >= 0.6 is 23.2 Å². The summed E-state index contributed by atoms with van der Waals surface area (Å²) in [4.78, 5) is 36.3. The molecular formula is C35H32Cl2N6O4. The molecule has 1 amide bonds. The van der Waals surface area contributed by atoms with Crippen molar-refractivity contribution in [2.24, 2.45) is 0 Å². The number of nitrogens with zero attached hydrogens (tertiary/aromatic N) is 3. The number of amides is 1. The van der Waals surface area contributed by atoms with Crippen LogP contribution in [0.5, 0.6) is 5.88 Å². The Hall–Kier alpha value is -4.61. The van der Waals surface area contributed by atoms with Gasteiger partial charge in [-0.2, -0.15) is 0 Å². The van der Waals surface area contributed by atoms with E-state index in [-0.39, 0.29) is 18.5 Å². The van der Waals surface area contributed by atoms with Gasteiger partial charge in [0, 0.05) is 77.7 Å². The Kier molecular flexibility index (Phi) is 9.93.